The quantitative estimate of drug-likeness (QED) is 0.361. The summed E-state index contributed by atoms with van der Waals surface area (Å²) < 4.78 is 44.9. The number of aromatic nitrogens is 2. The first kappa shape index (κ1) is 20.8. The van der Waals surface area contributed by atoms with Gasteiger partial charge in [0.25, 0.3) is 0 Å². The highest BCUT2D eigenvalue weighted by Gasteiger charge is 2.30. The molecule has 0 saturated heterocycles. The molecular formula is C19H15F3N4O4. The number of anilines is 1. The standard InChI is InChI=1S/C19H15F3N4O4/c1-12-9-16(23-17(27)7-5-15-6-8-18(30-15)26(28)29)24-25(12)11-13-3-2-4-14(10-13)19(20,21)22/h2-10H,11H2,1H3,(H,23,24,27)/b7-5+. The summed E-state index contributed by atoms with van der Waals surface area (Å²) in [5, 5.41) is 17.3. The number of alkyl halides is 3. The maximum Gasteiger partial charge on any atom is 0.433 e. The van der Waals surface area contributed by atoms with E-state index in [9.17, 15) is 28.1 Å². The average molecular weight is 420 g/mol. The molecular weight excluding hydrogens is 405 g/mol. The molecule has 0 radical (unpaired) electrons. The van der Waals surface area contributed by atoms with Crippen LogP contribution in [0.5, 0.6) is 0 Å². The number of nitro groups is 1. The Hall–Kier alpha value is -3.89. The molecule has 0 saturated carbocycles. The van der Waals surface area contributed by atoms with Gasteiger partial charge in [-0.15, -0.1) is 0 Å². The van der Waals surface area contributed by atoms with Crippen molar-refractivity contribution in [1.29, 1.82) is 0 Å². The van der Waals surface area contributed by atoms with Crippen LogP contribution in [-0.4, -0.2) is 20.6 Å². The van der Waals surface area contributed by atoms with Crippen molar-refractivity contribution in [1.82, 2.24) is 9.78 Å². The normalized spacial score (nSPS) is 11.7. The fourth-order valence-corrected chi connectivity index (χ4v) is 2.61. The Morgan fingerprint density at radius 1 is 1.30 bits per heavy atom. The number of rotatable bonds is 6. The first-order chi connectivity index (χ1) is 14.1. The van der Waals surface area contributed by atoms with E-state index in [0.29, 0.717) is 11.3 Å². The third-order valence-corrected chi connectivity index (χ3v) is 4.01. The van der Waals surface area contributed by atoms with Gasteiger partial charge >= 0.3 is 12.1 Å². The lowest BCUT2D eigenvalue weighted by Crippen LogP contribution is -2.10. The first-order valence-corrected chi connectivity index (χ1v) is 8.56. The van der Waals surface area contributed by atoms with Crippen LogP contribution >= 0.6 is 0 Å². The van der Waals surface area contributed by atoms with Gasteiger partial charge in [-0.25, -0.2) is 0 Å². The minimum Gasteiger partial charge on any atom is -0.401 e. The molecule has 11 heteroatoms. The Morgan fingerprint density at radius 3 is 2.73 bits per heavy atom. The van der Waals surface area contributed by atoms with E-state index in [1.165, 1.54) is 22.9 Å². The molecule has 0 aliphatic carbocycles. The van der Waals surface area contributed by atoms with E-state index in [-0.39, 0.29) is 18.1 Å². The van der Waals surface area contributed by atoms with Gasteiger partial charge in [0.05, 0.1) is 18.2 Å². The van der Waals surface area contributed by atoms with E-state index in [1.807, 2.05) is 0 Å². The van der Waals surface area contributed by atoms with Gasteiger partial charge in [0, 0.05) is 17.8 Å². The number of aryl methyl sites for hydroxylation is 1. The third kappa shape index (κ3) is 5.13. The highest BCUT2D eigenvalue weighted by atomic mass is 19.4. The first-order valence-electron chi connectivity index (χ1n) is 8.56. The highest BCUT2D eigenvalue weighted by molar-refractivity contribution is 6.01. The molecule has 1 amide bonds. The van der Waals surface area contributed by atoms with Crippen molar-refractivity contribution in [3.63, 3.8) is 0 Å². The number of nitrogens with one attached hydrogen (secondary N) is 1. The number of nitrogens with zero attached hydrogens (tertiary/aromatic N) is 3. The van der Waals surface area contributed by atoms with Crippen LogP contribution in [0.15, 0.2) is 53.0 Å². The van der Waals surface area contributed by atoms with Crippen molar-refractivity contribution in [2.45, 2.75) is 19.6 Å². The van der Waals surface area contributed by atoms with E-state index in [1.54, 1.807) is 19.1 Å². The van der Waals surface area contributed by atoms with Crippen LogP contribution in [0.25, 0.3) is 6.08 Å². The zero-order valence-corrected chi connectivity index (χ0v) is 15.5. The summed E-state index contributed by atoms with van der Waals surface area (Å²) in [6.45, 7) is 1.80. The molecule has 3 aromatic rings. The summed E-state index contributed by atoms with van der Waals surface area (Å²) in [5.41, 5.74) is 0.295. The lowest BCUT2D eigenvalue weighted by atomic mass is 10.1. The van der Waals surface area contributed by atoms with Gasteiger partial charge < -0.3 is 9.73 Å². The summed E-state index contributed by atoms with van der Waals surface area (Å²) in [6, 6.07) is 8.99. The van der Waals surface area contributed by atoms with Gasteiger partial charge in [0.1, 0.15) is 10.7 Å². The molecule has 0 aliphatic heterocycles. The second kappa shape index (κ2) is 8.23. The van der Waals surface area contributed by atoms with Gasteiger partial charge in [-0.3, -0.25) is 19.6 Å². The van der Waals surface area contributed by atoms with Crippen LogP contribution in [0, 0.1) is 17.0 Å². The summed E-state index contributed by atoms with van der Waals surface area (Å²) in [6.07, 6.45) is -2.06. The highest BCUT2D eigenvalue weighted by Crippen LogP contribution is 2.29. The Balaban J connectivity index is 1.66. The molecule has 0 atom stereocenters. The van der Waals surface area contributed by atoms with Crippen LogP contribution in [0.1, 0.15) is 22.6 Å². The van der Waals surface area contributed by atoms with Gasteiger partial charge in [0.2, 0.25) is 5.91 Å². The smallest absolute Gasteiger partial charge is 0.401 e. The van der Waals surface area contributed by atoms with E-state index in [4.69, 9.17) is 4.42 Å². The van der Waals surface area contributed by atoms with Gasteiger partial charge in [-0.2, -0.15) is 18.3 Å². The number of halogens is 3. The molecule has 0 bridgehead atoms. The van der Waals surface area contributed by atoms with Crippen molar-refractivity contribution in [2.24, 2.45) is 0 Å². The molecule has 3 rings (SSSR count). The zero-order chi connectivity index (χ0) is 21.9. The maximum absolute atomic E-state index is 12.9. The number of furan rings is 1. The molecule has 0 fully saturated rings. The maximum atomic E-state index is 12.9. The van der Waals surface area contributed by atoms with Crippen molar-refractivity contribution in [2.75, 3.05) is 5.32 Å². The molecule has 8 nitrogen and oxygen atoms in total. The second-order valence-corrected chi connectivity index (χ2v) is 6.28. The zero-order valence-electron chi connectivity index (χ0n) is 15.5. The molecule has 0 spiro atoms. The monoisotopic (exact) mass is 420 g/mol. The lowest BCUT2D eigenvalue weighted by molar-refractivity contribution is -0.402. The Kier molecular flexibility index (Phi) is 5.72. The molecule has 30 heavy (non-hydrogen) atoms. The van der Waals surface area contributed by atoms with Crippen LogP contribution in [-0.2, 0) is 17.5 Å². The van der Waals surface area contributed by atoms with Crippen LogP contribution < -0.4 is 5.32 Å². The van der Waals surface area contributed by atoms with Crippen molar-refractivity contribution < 1.29 is 27.3 Å². The third-order valence-electron chi connectivity index (χ3n) is 4.01. The Bertz CT molecular complexity index is 1120. The van der Waals surface area contributed by atoms with Crippen LogP contribution in [0.2, 0.25) is 0 Å². The molecule has 1 N–H and O–H groups in total. The SMILES string of the molecule is Cc1cc(NC(=O)/C=C/c2ccc([N+](=O)[O-])o2)nn1Cc1cccc(C(F)(F)F)c1. The summed E-state index contributed by atoms with van der Waals surface area (Å²) in [4.78, 5) is 21.9. The van der Waals surface area contributed by atoms with E-state index < -0.39 is 28.5 Å². The minimum atomic E-state index is -4.44. The number of carbonyl (C=O) groups excluding carboxylic acids is 1. The molecule has 156 valence electrons. The molecule has 1 aromatic carbocycles. The van der Waals surface area contributed by atoms with Crippen LogP contribution in [0.3, 0.4) is 0 Å². The Morgan fingerprint density at radius 2 is 2.07 bits per heavy atom. The molecule has 0 aliphatic rings. The lowest BCUT2D eigenvalue weighted by Gasteiger charge is -2.09. The topological polar surface area (TPSA) is 103 Å². The molecule has 2 aromatic heterocycles. The van der Waals surface area contributed by atoms with E-state index >= 15 is 0 Å². The van der Waals surface area contributed by atoms with Gasteiger partial charge in [-0.05, 0) is 36.8 Å². The van der Waals surface area contributed by atoms with Crippen molar-refractivity contribution in [3.8, 4) is 0 Å². The predicted octanol–water partition coefficient (Wildman–Crippen LogP) is 4.41. The number of hydrogen-bond acceptors (Lipinski definition) is 5. The van der Waals surface area contributed by atoms with E-state index in [0.717, 1.165) is 24.3 Å². The molecule has 0 unspecified atom stereocenters. The predicted molar refractivity (Wildman–Crippen MR) is 101 cm³/mol. The van der Waals surface area contributed by atoms with E-state index in [2.05, 4.69) is 10.4 Å². The van der Waals surface area contributed by atoms with Crippen LogP contribution in [0.4, 0.5) is 24.9 Å². The number of benzene rings is 1. The molecule has 2 heterocycles. The van der Waals surface area contributed by atoms with Crippen molar-refractivity contribution >= 4 is 23.7 Å². The fraction of sp³-hybridized carbons (Fsp3) is 0.158. The minimum absolute atomic E-state index is 0.0948. The fourth-order valence-electron chi connectivity index (χ4n) is 2.61. The van der Waals surface area contributed by atoms with Crippen molar-refractivity contribution in [3.05, 3.63) is 81.2 Å². The number of hydrogen-bond donors (Lipinski definition) is 1. The van der Waals surface area contributed by atoms with Gasteiger partial charge in [0.15, 0.2) is 5.82 Å². The summed E-state index contributed by atoms with van der Waals surface area (Å²) >= 11 is 0. The largest absolute Gasteiger partial charge is 0.433 e. The summed E-state index contributed by atoms with van der Waals surface area (Å²) in [7, 11) is 0. The summed E-state index contributed by atoms with van der Waals surface area (Å²) in [5.74, 6) is -0.667. The Labute approximate surface area is 167 Å². The number of amides is 1. The average Bonchev–Trinajstić information content (AvgIpc) is 3.27. The number of carbonyl (C=O) groups is 1. The second-order valence-electron chi connectivity index (χ2n) is 6.28. The van der Waals surface area contributed by atoms with Gasteiger partial charge in [-0.1, -0.05) is 12.1 Å².